The summed E-state index contributed by atoms with van der Waals surface area (Å²) >= 11 is 0. The Hall–Kier alpha value is -3.16. The van der Waals surface area contributed by atoms with Crippen LogP contribution in [0.4, 0.5) is 0 Å². The largest absolute Gasteiger partial charge is 0.466 e. The maximum atomic E-state index is 13.3. The molecule has 1 aromatic carbocycles. The van der Waals surface area contributed by atoms with E-state index < -0.39 is 39.9 Å². The first-order valence-corrected chi connectivity index (χ1v) is 18.9. The number of rotatable bonds is 17. The molecule has 0 radical (unpaired) electrons. The van der Waals surface area contributed by atoms with Gasteiger partial charge in [0.1, 0.15) is 12.2 Å². The lowest BCUT2D eigenvalue weighted by Crippen LogP contribution is -2.67. The van der Waals surface area contributed by atoms with Crippen LogP contribution in [0.25, 0.3) is 0 Å². The Bertz CT molecular complexity index is 1480. The van der Waals surface area contributed by atoms with Crippen LogP contribution in [0.5, 0.6) is 0 Å². The number of esters is 3. The van der Waals surface area contributed by atoms with Crippen molar-refractivity contribution in [2.45, 2.75) is 134 Å². The number of benzene rings is 1. The van der Waals surface area contributed by atoms with E-state index in [4.69, 9.17) is 33.2 Å². The van der Waals surface area contributed by atoms with E-state index in [1.54, 1.807) is 30.3 Å². The number of Topliss-reactive ketones (excluding diaryl/α,β-unsaturated/α-hetero) is 1. The Kier molecular flexibility index (Phi) is 11.9. The normalized spacial score (nSPS) is 33.0. The zero-order valence-electron chi connectivity index (χ0n) is 30.7. The Balaban J connectivity index is 0.944. The summed E-state index contributed by atoms with van der Waals surface area (Å²) < 4.78 is 42.1. The molecular formula is C40H54O12. The van der Waals surface area contributed by atoms with Crippen molar-refractivity contribution in [2.24, 2.45) is 10.8 Å². The van der Waals surface area contributed by atoms with Gasteiger partial charge in [0.25, 0.3) is 0 Å². The molecule has 2 bridgehead atoms. The molecular weight excluding hydrogens is 672 g/mol. The highest BCUT2D eigenvalue weighted by Crippen LogP contribution is 2.72. The van der Waals surface area contributed by atoms with Crippen molar-refractivity contribution in [1.82, 2.24) is 0 Å². The molecule has 0 amide bonds. The Morgan fingerprint density at radius 2 is 1.73 bits per heavy atom. The number of carbonyl (C=O) groups is 4. The number of epoxide rings is 1. The molecule has 3 saturated heterocycles. The van der Waals surface area contributed by atoms with Crippen molar-refractivity contribution in [3.8, 4) is 0 Å². The number of hydrogen-bond acceptors (Lipinski definition) is 12. The average molecular weight is 727 g/mol. The van der Waals surface area contributed by atoms with E-state index in [0.717, 1.165) is 32.1 Å². The number of allylic oxidation sites excluding steroid dienone is 1. The molecule has 8 atom stereocenters. The van der Waals surface area contributed by atoms with Crippen LogP contribution in [0.3, 0.4) is 0 Å². The molecule has 286 valence electrons. The number of ketones is 1. The quantitative estimate of drug-likeness (QED) is 0.0562. The lowest BCUT2D eigenvalue weighted by molar-refractivity contribution is -0.260. The van der Waals surface area contributed by atoms with Crippen molar-refractivity contribution in [1.29, 1.82) is 0 Å². The first-order chi connectivity index (χ1) is 24.9. The standard InChI is InChI=1S/C40H54O12/c1-27-16-17-39(31(21-27)51-32-22-30(38(39,3)40(32)26-50-40)52-36-15-9-10-19-47-36)25-49-35(44)23-37(2,45)18-20-46-33(42)13-7-8-14-34(43)48-24-29(41)28-11-5-4-6-12-28/h4-6,11-12,21,30-32,36,45H,7-10,13-20,22-26H2,1-3H3/t30-,31-,32-,36?,37?,38-,39-,40?/m1/s1. The van der Waals surface area contributed by atoms with Crippen LogP contribution in [0.15, 0.2) is 42.0 Å². The van der Waals surface area contributed by atoms with E-state index in [0.29, 0.717) is 38.0 Å². The van der Waals surface area contributed by atoms with Gasteiger partial charge in [-0.1, -0.05) is 48.9 Å². The molecule has 1 N–H and O–H groups in total. The van der Waals surface area contributed by atoms with Gasteiger partial charge in [-0.2, -0.15) is 0 Å². The minimum atomic E-state index is -1.46. The second kappa shape index (κ2) is 16.1. The predicted molar refractivity (Wildman–Crippen MR) is 186 cm³/mol. The van der Waals surface area contributed by atoms with Gasteiger partial charge in [0, 0.05) is 48.7 Å². The zero-order valence-corrected chi connectivity index (χ0v) is 30.7. The first kappa shape index (κ1) is 38.6. The van der Waals surface area contributed by atoms with Crippen molar-refractivity contribution in [3.63, 3.8) is 0 Å². The smallest absolute Gasteiger partial charge is 0.308 e. The van der Waals surface area contributed by atoms with E-state index in [1.807, 2.05) is 0 Å². The summed E-state index contributed by atoms with van der Waals surface area (Å²) in [7, 11) is 0. The van der Waals surface area contributed by atoms with Gasteiger partial charge in [0.05, 0.1) is 43.5 Å². The summed E-state index contributed by atoms with van der Waals surface area (Å²) in [5, 5.41) is 11.1. The van der Waals surface area contributed by atoms with Crippen molar-refractivity contribution in [3.05, 3.63) is 47.5 Å². The summed E-state index contributed by atoms with van der Waals surface area (Å²) in [6, 6.07) is 8.59. The molecule has 4 fully saturated rings. The molecule has 6 rings (SSSR count). The summed E-state index contributed by atoms with van der Waals surface area (Å²) in [5.41, 5.74) is -1.35. The highest BCUT2D eigenvalue weighted by molar-refractivity contribution is 5.97. The minimum absolute atomic E-state index is 0.0437. The number of unbranched alkanes of at least 4 members (excludes halogenated alkanes) is 1. The molecule has 5 aliphatic rings. The fraction of sp³-hybridized carbons (Fsp3) is 0.700. The third-order valence-electron chi connectivity index (χ3n) is 12.1. The van der Waals surface area contributed by atoms with Crippen molar-refractivity contribution < 1.29 is 57.4 Å². The number of carbonyl (C=O) groups excluding carboxylic acids is 4. The van der Waals surface area contributed by atoms with Crippen molar-refractivity contribution >= 4 is 23.7 Å². The van der Waals surface area contributed by atoms with Gasteiger partial charge in [-0.3, -0.25) is 19.2 Å². The predicted octanol–water partition coefficient (Wildman–Crippen LogP) is 5.18. The molecule has 3 aliphatic heterocycles. The molecule has 1 aromatic rings. The number of ether oxygens (including phenoxy) is 7. The number of hydrogen-bond donors (Lipinski definition) is 1. The fourth-order valence-corrected chi connectivity index (χ4v) is 8.74. The van der Waals surface area contributed by atoms with Crippen LogP contribution >= 0.6 is 0 Å². The van der Waals surface area contributed by atoms with E-state index in [1.165, 1.54) is 12.5 Å². The topological polar surface area (TPSA) is 156 Å². The molecule has 3 heterocycles. The number of aliphatic hydroxyl groups is 1. The summed E-state index contributed by atoms with van der Waals surface area (Å²) in [5.74, 6) is -1.80. The highest BCUT2D eigenvalue weighted by atomic mass is 16.7. The third kappa shape index (κ3) is 8.16. The summed E-state index contributed by atoms with van der Waals surface area (Å²) in [6.45, 7) is 6.80. The molecule has 3 unspecified atom stereocenters. The van der Waals surface area contributed by atoms with Gasteiger partial charge >= 0.3 is 17.9 Å². The SMILES string of the molecule is CC1=C[C@H]2O[C@@H]3C[C@@H](OC4CCCCO4)[C@@](C)(C34CO4)[C@@]2(COC(=O)CC(C)(O)CCOC(=O)CCCCC(=O)OCC(=O)c2ccccc2)CC1. The first-order valence-electron chi connectivity index (χ1n) is 18.9. The second-order valence-electron chi connectivity index (χ2n) is 15.7. The second-order valence-corrected chi connectivity index (χ2v) is 15.7. The third-order valence-corrected chi connectivity index (χ3v) is 12.1. The van der Waals surface area contributed by atoms with E-state index in [9.17, 15) is 24.3 Å². The lowest BCUT2D eigenvalue weighted by atomic mass is 9.51. The van der Waals surface area contributed by atoms with Crippen molar-refractivity contribution in [2.75, 3.05) is 33.0 Å². The van der Waals surface area contributed by atoms with Gasteiger partial charge in [-0.05, 0) is 58.8 Å². The van der Waals surface area contributed by atoms with E-state index >= 15 is 0 Å². The van der Waals surface area contributed by atoms with Gasteiger partial charge in [0.15, 0.2) is 18.7 Å². The van der Waals surface area contributed by atoms with Crippen LogP contribution in [-0.4, -0.2) is 97.6 Å². The molecule has 52 heavy (non-hydrogen) atoms. The zero-order chi connectivity index (χ0) is 37.0. The van der Waals surface area contributed by atoms with Gasteiger partial charge in [0.2, 0.25) is 0 Å². The Morgan fingerprint density at radius 1 is 1.00 bits per heavy atom. The molecule has 1 spiro atoms. The number of fused-ring (bicyclic) bond motifs is 2. The van der Waals surface area contributed by atoms with Crippen LogP contribution < -0.4 is 0 Å². The molecule has 2 aliphatic carbocycles. The van der Waals surface area contributed by atoms with Gasteiger partial charge < -0.3 is 38.3 Å². The van der Waals surface area contributed by atoms with Gasteiger partial charge in [-0.25, -0.2) is 0 Å². The summed E-state index contributed by atoms with van der Waals surface area (Å²) in [6.07, 6.45) is 7.24. The monoisotopic (exact) mass is 726 g/mol. The Labute approximate surface area is 305 Å². The Morgan fingerprint density at radius 3 is 2.42 bits per heavy atom. The lowest BCUT2D eigenvalue weighted by Gasteiger charge is -2.58. The molecule has 12 heteroatoms. The van der Waals surface area contributed by atoms with Crippen LogP contribution in [0.2, 0.25) is 0 Å². The minimum Gasteiger partial charge on any atom is -0.466 e. The fourth-order valence-electron chi connectivity index (χ4n) is 8.74. The molecule has 1 saturated carbocycles. The molecule has 12 nitrogen and oxygen atoms in total. The average Bonchev–Trinajstić information content (AvgIpc) is 3.91. The maximum absolute atomic E-state index is 13.3. The summed E-state index contributed by atoms with van der Waals surface area (Å²) in [4.78, 5) is 49.7. The molecule has 0 aromatic heterocycles. The van der Waals surface area contributed by atoms with E-state index in [2.05, 4.69) is 19.9 Å². The van der Waals surface area contributed by atoms with E-state index in [-0.39, 0.29) is 75.9 Å². The maximum Gasteiger partial charge on any atom is 0.308 e. The van der Waals surface area contributed by atoms with Crippen LogP contribution in [-0.2, 0) is 47.5 Å². The van der Waals surface area contributed by atoms with Gasteiger partial charge in [-0.15, -0.1) is 0 Å². The van der Waals surface area contributed by atoms with Crippen LogP contribution in [0, 0.1) is 10.8 Å². The highest BCUT2D eigenvalue weighted by Gasteiger charge is 2.82. The van der Waals surface area contributed by atoms with Crippen LogP contribution in [0.1, 0.15) is 108 Å².